The van der Waals surface area contributed by atoms with Crippen LogP contribution in [0.15, 0.2) is 0 Å². The zero-order valence-electron chi connectivity index (χ0n) is 15.3. The van der Waals surface area contributed by atoms with Gasteiger partial charge in [-0.3, -0.25) is 9.48 Å². The minimum Gasteiger partial charge on any atom is -0.464 e. The van der Waals surface area contributed by atoms with Crippen LogP contribution in [0.25, 0.3) is 0 Å². The highest BCUT2D eigenvalue weighted by Crippen LogP contribution is 2.16. The summed E-state index contributed by atoms with van der Waals surface area (Å²) in [5.41, 5.74) is 2.83. The van der Waals surface area contributed by atoms with E-state index in [1.54, 1.807) is 20.9 Å². The summed E-state index contributed by atoms with van der Waals surface area (Å²) in [5, 5.41) is 4.53. The zero-order valence-corrected chi connectivity index (χ0v) is 15.3. The van der Waals surface area contributed by atoms with Crippen molar-refractivity contribution < 1.29 is 14.3 Å². The van der Waals surface area contributed by atoms with Crippen LogP contribution in [-0.4, -0.2) is 46.3 Å². The van der Waals surface area contributed by atoms with E-state index in [0.29, 0.717) is 12.5 Å². The summed E-state index contributed by atoms with van der Waals surface area (Å²) < 4.78 is 6.93. The van der Waals surface area contributed by atoms with Crippen LogP contribution in [0.5, 0.6) is 0 Å². The van der Waals surface area contributed by atoms with Crippen LogP contribution < -0.4 is 0 Å². The van der Waals surface area contributed by atoms with Gasteiger partial charge in [-0.25, -0.2) is 4.79 Å². The Bertz CT molecular complexity index is 564. The fourth-order valence-electron chi connectivity index (χ4n) is 2.43. The molecule has 0 saturated heterocycles. The van der Waals surface area contributed by atoms with E-state index in [9.17, 15) is 9.59 Å². The SMILES string of the molecule is CCOC(=O)[C@H](C)N(C)C(=O)Cc1c(C)nn(CC(C)C)c1C. The van der Waals surface area contributed by atoms with Crippen molar-refractivity contribution in [3.63, 3.8) is 0 Å². The van der Waals surface area contributed by atoms with E-state index in [1.165, 1.54) is 4.90 Å². The van der Waals surface area contributed by atoms with Gasteiger partial charge in [-0.15, -0.1) is 0 Å². The first kappa shape index (κ1) is 19.2. The number of esters is 1. The smallest absolute Gasteiger partial charge is 0.328 e. The van der Waals surface area contributed by atoms with Gasteiger partial charge in [-0.05, 0) is 33.6 Å². The van der Waals surface area contributed by atoms with Gasteiger partial charge in [-0.1, -0.05) is 13.8 Å². The average Bonchev–Trinajstić information content (AvgIpc) is 2.72. The summed E-state index contributed by atoms with van der Waals surface area (Å²) >= 11 is 0. The van der Waals surface area contributed by atoms with Crippen LogP contribution >= 0.6 is 0 Å². The number of aryl methyl sites for hydroxylation is 1. The molecule has 6 nitrogen and oxygen atoms in total. The maximum absolute atomic E-state index is 12.5. The molecule has 0 aliphatic rings. The molecular formula is C17H29N3O3. The van der Waals surface area contributed by atoms with E-state index in [0.717, 1.165) is 23.5 Å². The number of nitrogens with zero attached hydrogens (tertiary/aromatic N) is 3. The number of aromatic nitrogens is 2. The number of hydrogen-bond acceptors (Lipinski definition) is 4. The molecule has 130 valence electrons. The summed E-state index contributed by atoms with van der Waals surface area (Å²) in [7, 11) is 1.63. The Hall–Kier alpha value is -1.85. The molecule has 0 saturated carbocycles. The number of rotatable bonds is 7. The van der Waals surface area contributed by atoms with Gasteiger partial charge in [0.2, 0.25) is 5.91 Å². The van der Waals surface area contributed by atoms with Gasteiger partial charge in [0.15, 0.2) is 0 Å². The molecule has 23 heavy (non-hydrogen) atoms. The second-order valence-electron chi connectivity index (χ2n) is 6.33. The van der Waals surface area contributed by atoms with Crippen molar-refractivity contribution in [2.45, 2.75) is 60.5 Å². The highest BCUT2D eigenvalue weighted by Gasteiger charge is 2.25. The van der Waals surface area contributed by atoms with Gasteiger partial charge in [0.05, 0.1) is 18.7 Å². The molecule has 0 spiro atoms. The summed E-state index contributed by atoms with van der Waals surface area (Å²) in [6, 6.07) is -0.589. The van der Waals surface area contributed by atoms with Crippen LogP contribution in [0.4, 0.5) is 0 Å². The fourth-order valence-corrected chi connectivity index (χ4v) is 2.43. The van der Waals surface area contributed by atoms with Gasteiger partial charge in [-0.2, -0.15) is 5.10 Å². The van der Waals surface area contributed by atoms with Crippen LogP contribution in [-0.2, 0) is 27.3 Å². The highest BCUT2D eigenvalue weighted by molar-refractivity contribution is 5.85. The summed E-state index contributed by atoms with van der Waals surface area (Å²) in [6.45, 7) is 12.7. The van der Waals surface area contributed by atoms with Gasteiger partial charge >= 0.3 is 5.97 Å². The van der Waals surface area contributed by atoms with Crippen molar-refractivity contribution in [3.8, 4) is 0 Å². The van der Waals surface area contributed by atoms with E-state index in [1.807, 2.05) is 18.5 Å². The number of carbonyl (C=O) groups excluding carboxylic acids is 2. The maximum Gasteiger partial charge on any atom is 0.328 e. The monoisotopic (exact) mass is 323 g/mol. The second-order valence-corrected chi connectivity index (χ2v) is 6.33. The molecule has 1 rings (SSSR count). The van der Waals surface area contributed by atoms with Crippen molar-refractivity contribution in [3.05, 3.63) is 17.0 Å². The van der Waals surface area contributed by atoms with E-state index < -0.39 is 6.04 Å². The number of amides is 1. The van der Waals surface area contributed by atoms with Crippen LogP contribution in [0, 0.1) is 19.8 Å². The first-order chi connectivity index (χ1) is 10.7. The quantitative estimate of drug-likeness (QED) is 0.721. The highest BCUT2D eigenvalue weighted by atomic mass is 16.5. The molecule has 1 aromatic rings. The first-order valence-corrected chi connectivity index (χ1v) is 8.14. The lowest BCUT2D eigenvalue weighted by Crippen LogP contribution is -2.42. The molecule has 0 aromatic carbocycles. The third kappa shape index (κ3) is 4.81. The van der Waals surface area contributed by atoms with E-state index >= 15 is 0 Å². The Labute approximate surface area is 138 Å². The number of carbonyl (C=O) groups is 2. The molecule has 0 aliphatic carbocycles. The van der Waals surface area contributed by atoms with Crippen LogP contribution in [0.2, 0.25) is 0 Å². The lowest BCUT2D eigenvalue weighted by molar-refractivity contribution is -0.152. The predicted molar refractivity (Wildman–Crippen MR) is 89.1 cm³/mol. The minimum atomic E-state index is -0.589. The lowest BCUT2D eigenvalue weighted by Gasteiger charge is -2.23. The fraction of sp³-hybridized carbons (Fsp3) is 0.706. The number of hydrogen-bond donors (Lipinski definition) is 0. The van der Waals surface area contributed by atoms with Gasteiger partial charge in [0, 0.05) is 24.8 Å². The third-order valence-corrected chi connectivity index (χ3v) is 4.00. The Morgan fingerprint density at radius 1 is 1.26 bits per heavy atom. The molecule has 6 heteroatoms. The van der Waals surface area contributed by atoms with E-state index in [2.05, 4.69) is 18.9 Å². The molecule has 0 unspecified atom stereocenters. The van der Waals surface area contributed by atoms with Crippen LogP contribution in [0.3, 0.4) is 0 Å². The van der Waals surface area contributed by atoms with Crippen molar-refractivity contribution in [1.29, 1.82) is 0 Å². The van der Waals surface area contributed by atoms with Gasteiger partial charge < -0.3 is 9.64 Å². The molecule has 0 radical (unpaired) electrons. The van der Waals surface area contributed by atoms with Crippen LogP contribution in [0.1, 0.15) is 44.6 Å². The van der Waals surface area contributed by atoms with Crippen molar-refractivity contribution in [2.75, 3.05) is 13.7 Å². The summed E-state index contributed by atoms with van der Waals surface area (Å²) in [5.74, 6) is -0.00351. The Morgan fingerprint density at radius 2 is 1.87 bits per heavy atom. The topological polar surface area (TPSA) is 64.4 Å². The van der Waals surface area contributed by atoms with Gasteiger partial charge in [0.25, 0.3) is 0 Å². The summed E-state index contributed by atoms with van der Waals surface area (Å²) in [4.78, 5) is 25.7. The molecule has 1 atom stereocenters. The number of ether oxygens (including phenoxy) is 1. The molecular weight excluding hydrogens is 294 g/mol. The average molecular weight is 323 g/mol. The standard InChI is InChI=1S/C17H29N3O3/c1-8-23-17(22)14(6)19(7)16(21)9-15-12(4)18-20(13(15)5)10-11(2)3/h11,14H,8-10H2,1-7H3/t14-/m0/s1. The molecule has 0 bridgehead atoms. The Balaban J connectivity index is 2.85. The first-order valence-electron chi connectivity index (χ1n) is 8.14. The van der Waals surface area contributed by atoms with Crippen molar-refractivity contribution in [1.82, 2.24) is 14.7 Å². The predicted octanol–water partition coefficient (Wildman–Crippen LogP) is 2.11. The molecule has 1 aromatic heterocycles. The number of likely N-dealkylation sites (N-methyl/N-ethyl adjacent to an activating group) is 1. The second kappa shape index (κ2) is 8.13. The largest absolute Gasteiger partial charge is 0.464 e. The zero-order chi connectivity index (χ0) is 17.7. The summed E-state index contributed by atoms with van der Waals surface area (Å²) in [6.07, 6.45) is 0.246. The van der Waals surface area contributed by atoms with Crippen molar-refractivity contribution >= 4 is 11.9 Å². The minimum absolute atomic E-state index is 0.110. The molecule has 0 aliphatic heterocycles. The molecule has 1 heterocycles. The van der Waals surface area contributed by atoms with Crippen molar-refractivity contribution in [2.24, 2.45) is 5.92 Å². The van der Waals surface area contributed by atoms with E-state index in [4.69, 9.17) is 4.74 Å². The molecule has 0 N–H and O–H groups in total. The maximum atomic E-state index is 12.5. The lowest BCUT2D eigenvalue weighted by atomic mass is 10.1. The third-order valence-electron chi connectivity index (χ3n) is 4.00. The Morgan fingerprint density at radius 3 is 2.39 bits per heavy atom. The normalized spacial score (nSPS) is 12.3. The van der Waals surface area contributed by atoms with E-state index in [-0.39, 0.29) is 18.3 Å². The Kier molecular flexibility index (Phi) is 6.79. The van der Waals surface area contributed by atoms with Gasteiger partial charge in [0.1, 0.15) is 6.04 Å². The molecule has 1 amide bonds. The molecule has 0 fully saturated rings.